The monoisotopic (exact) mass is 336 g/mol. The molecule has 2 aromatic rings. The Labute approximate surface area is 138 Å². The first kappa shape index (κ1) is 16.5. The standard InChI is InChI=1S/C16H17ClN2O2S/c1-10(2)14(16(21)18-13-7-8-22-9-13)19-15(20)11-3-5-12(17)6-4-11/h3-10,14H,1-2H3,(H,18,21)(H,19,20). The summed E-state index contributed by atoms with van der Waals surface area (Å²) in [6, 6.07) is 7.76. The summed E-state index contributed by atoms with van der Waals surface area (Å²) >= 11 is 7.31. The van der Waals surface area contributed by atoms with Gasteiger partial charge in [0.25, 0.3) is 5.91 Å². The first-order chi connectivity index (χ1) is 10.5. The predicted molar refractivity (Wildman–Crippen MR) is 90.5 cm³/mol. The minimum atomic E-state index is -0.608. The average molecular weight is 337 g/mol. The number of amides is 2. The van der Waals surface area contributed by atoms with Gasteiger partial charge in [0.1, 0.15) is 6.04 Å². The zero-order valence-electron chi connectivity index (χ0n) is 12.3. The summed E-state index contributed by atoms with van der Waals surface area (Å²) in [5, 5.41) is 9.87. The molecule has 6 heteroatoms. The lowest BCUT2D eigenvalue weighted by molar-refractivity contribution is -0.118. The van der Waals surface area contributed by atoms with Crippen molar-refractivity contribution in [2.75, 3.05) is 5.32 Å². The molecule has 2 rings (SSSR count). The number of halogens is 1. The van der Waals surface area contributed by atoms with Gasteiger partial charge in [-0.1, -0.05) is 25.4 Å². The lowest BCUT2D eigenvalue weighted by Crippen LogP contribution is -2.47. The van der Waals surface area contributed by atoms with Gasteiger partial charge in [0.2, 0.25) is 5.91 Å². The third-order valence-corrected chi connectivity index (χ3v) is 4.07. The van der Waals surface area contributed by atoms with Gasteiger partial charge in [-0.25, -0.2) is 0 Å². The Morgan fingerprint density at radius 2 is 1.82 bits per heavy atom. The fourth-order valence-corrected chi connectivity index (χ4v) is 2.63. The highest BCUT2D eigenvalue weighted by Gasteiger charge is 2.24. The van der Waals surface area contributed by atoms with Crippen molar-refractivity contribution in [3.8, 4) is 0 Å². The van der Waals surface area contributed by atoms with E-state index in [1.807, 2.05) is 30.7 Å². The Balaban J connectivity index is 2.06. The SMILES string of the molecule is CC(C)C(NC(=O)c1ccc(Cl)cc1)C(=O)Nc1ccsc1. The molecule has 1 unspecified atom stereocenters. The van der Waals surface area contributed by atoms with Crippen molar-refractivity contribution in [1.29, 1.82) is 0 Å². The molecule has 0 aliphatic carbocycles. The minimum Gasteiger partial charge on any atom is -0.340 e. The summed E-state index contributed by atoms with van der Waals surface area (Å²) in [6.45, 7) is 3.78. The van der Waals surface area contributed by atoms with Crippen LogP contribution in [0.25, 0.3) is 0 Å². The molecule has 1 aromatic carbocycles. The molecule has 0 saturated heterocycles. The Bertz CT molecular complexity index is 639. The highest BCUT2D eigenvalue weighted by molar-refractivity contribution is 7.08. The van der Waals surface area contributed by atoms with Crippen LogP contribution >= 0.6 is 22.9 Å². The van der Waals surface area contributed by atoms with E-state index in [9.17, 15) is 9.59 Å². The van der Waals surface area contributed by atoms with Gasteiger partial charge in [0.15, 0.2) is 0 Å². The van der Waals surface area contributed by atoms with E-state index in [4.69, 9.17) is 11.6 Å². The van der Waals surface area contributed by atoms with E-state index >= 15 is 0 Å². The number of benzene rings is 1. The molecule has 0 radical (unpaired) electrons. The number of anilines is 1. The van der Waals surface area contributed by atoms with Gasteiger partial charge in [-0.05, 0) is 41.6 Å². The first-order valence-corrected chi connectivity index (χ1v) is 8.19. The van der Waals surface area contributed by atoms with Crippen molar-refractivity contribution < 1.29 is 9.59 Å². The molecule has 1 aromatic heterocycles. The van der Waals surface area contributed by atoms with Crippen LogP contribution in [0, 0.1) is 5.92 Å². The highest BCUT2D eigenvalue weighted by atomic mass is 35.5. The number of hydrogen-bond donors (Lipinski definition) is 2. The number of carbonyl (C=O) groups is 2. The zero-order chi connectivity index (χ0) is 16.1. The highest BCUT2D eigenvalue weighted by Crippen LogP contribution is 2.14. The van der Waals surface area contributed by atoms with Crippen LogP contribution in [0.3, 0.4) is 0 Å². The summed E-state index contributed by atoms with van der Waals surface area (Å²) in [6.07, 6.45) is 0. The van der Waals surface area contributed by atoms with Crippen molar-refractivity contribution in [3.05, 3.63) is 51.7 Å². The van der Waals surface area contributed by atoms with E-state index in [0.29, 0.717) is 10.6 Å². The van der Waals surface area contributed by atoms with Crippen LogP contribution in [0.2, 0.25) is 5.02 Å². The molecule has 0 aliphatic rings. The second kappa shape index (κ2) is 7.42. The second-order valence-electron chi connectivity index (χ2n) is 5.20. The fraction of sp³-hybridized carbons (Fsp3) is 0.250. The molecule has 1 atom stereocenters. The van der Waals surface area contributed by atoms with Gasteiger partial charge in [-0.3, -0.25) is 9.59 Å². The molecule has 22 heavy (non-hydrogen) atoms. The van der Waals surface area contributed by atoms with Gasteiger partial charge in [0.05, 0.1) is 5.69 Å². The molecule has 2 amide bonds. The molecule has 2 N–H and O–H groups in total. The molecule has 0 spiro atoms. The van der Waals surface area contributed by atoms with Gasteiger partial charge in [-0.2, -0.15) is 11.3 Å². The Morgan fingerprint density at radius 1 is 1.14 bits per heavy atom. The summed E-state index contributed by atoms with van der Waals surface area (Å²) in [5.41, 5.74) is 1.21. The minimum absolute atomic E-state index is 0.0325. The first-order valence-electron chi connectivity index (χ1n) is 6.87. The smallest absolute Gasteiger partial charge is 0.251 e. The lowest BCUT2D eigenvalue weighted by atomic mass is 10.0. The second-order valence-corrected chi connectivity index (χ2v) is 6.42. The molecule has 0 fully saturated rings. The average Bonchev–Trinajstić information content (AvgIpc) is 2.97. The van der Waals surface area contributed by atoms with E-state index in [1.54, 1.807) is 24.3 Å². The maximum absolute atomic E-state index is 12.3. The molecule has 0 saturated carbocycles. The van der Waals surface area contributed by atoms with Crippen LogP contribution in [-0.4, -0.2) is 17.9 Å². The predicted octanol–water partition coefficient (Wildman–Crippen LogP) is 3.79. The van der Waals surface area contributed by atoms with Crippen LogP contribution in [0.1, 0.15) is 24.2 Å². The number of carbonyl (C=O) groups excluding carboxylic acids is 2. The van der Waals surface area contributed by atoms with Gasteiger partial charge < -0.3 is 10.6 Å². The number of hydrogen-bond acceptors (Lipinski definition) is 3. The number of thiophene rings is 1. The zero-order valence-corrected chi connectivity index (χ0v) is 13.9. The van der Waals surface area contributed by atoms with E-state index in [1.165, 1.54) is 11.3 Å². The summed E-state index contributed by atoms with van der Waals surface area (Å²) in [7, 11) is 0. The molecule has 1 heterocycles. The van der Waals surface area contributed by atoms with E-state index in [-0.39, 0.29) is 17.7 Å². The van der Waals surface area contributed by atoms with E-state index in [2.05, 4.69) is 10.6 Å². The molecular formula is C16H17ClN2O2S. The normalized spacial score (nSPS) is 12.0. The number of rotatable bonds is 5. The summed E-state index contributed by atoms with van der Waals surface area (Å²) < 4.78 is 0. The van der Waals surface area contributed by atoms with Crippen LogP contribution < -0.4 is 10.6 Å². The molecule has 4 nitrogen and oxygen atoms in total. The molecule has 0 bridgehead atoms. The van der Waals surface area contributed by atoms with Crippen LogP contribution in [0.5, 0.6) is 0 Å². The molecule has 116 valence electrons. The van der Waals surface area contributed by atoms with Crippen molar-refractivity contribution in [2.45, 2.75) is 19.9 Å². The van der Waals surface area contributed by atoms with Crippen molar-refractivity contribution in [1.82, 2.24) is 5.32 Å². The Kier molecular flexibility index (Phi) is 5.57. The van der Waals surface area contributed by atoms with Gasteiger partial charge in [0, 0.05) is 16.0 Å². The van der Waals surface area contributed by atoms with Crippen molar-refractivity contribution in [3.63, 3.8) is 0 Å². The molecular weight excluding hydrogens is 320 g/mol. The quantitative estimate of drug-likeness (QED) is 0.872. The van der Waals surface area contributed by atoms with E-state index < -0.39 is 6.04 Å². The molecule has 0 aliphatic heterocycles. The van der Waals surface area contributed by atoms with E-state index in [0.717, 1.165) is 5.69 Å². The third kappa shape index (κ3) is 4.32. The van der Waals surface area contributed by atoms with Crippen molar-refractivity contribution >= 4 is 40.4 Å². The Morgan fingerprint density at radius 3 is 2.36 bits per heavy atom. The fourth-order valence-electron chi connectivity index (χ4n) is 1.92. The Hall–Kier alpha value is -1.85. The largest absolute Gasteiger partial charge is 0.340 e. The van der Waals surface area contributed by atoms with Crippen LogP contribution in [0.15, 0.2) is 41.1 Å². The topological polar surface area (TPSA) is 58.2 Å². The van der Waals surface area contributed by atoms with Crippen LogP contribution in [0.4, 0.5) is 5.69 Å². The maximum Gasteiger partial charge on any atom is 0.251 e. The van der Waals surface area contributed by atoms with Crippen molar-refractivity contribution in [2.24, 2.45) is 5.92 Å². The van der Waals surface area contributed by atoms with Crippen LogP contribution in [-0.2, 0) is 4.79 Å². The number of nitrogens with one attached hydrogen (secondary N) is 2. The third-order valence-electron chi connectivity index (χ3n) is 3.13. The summed E-state index contributed by atoms with van der Waals surface area (Å²) in [5.74, 6) is -0.554. The lowest BCUT2D eigenvalue weighted by Gasteiger charge is -2.21. The summed E-state index contributed by atoms with van der Waals surface area (Å²) in [4.78, 5) is 24.6. The van der Waals surface area contributed by atoms with Gasteiger partial charge in [-0.15, -0.1) is 0 Å². The van der Waals surface area contributed by atoms with Gasteiger partial charge >= 0.3 is 0 Å². The maximum atomic E-state index is 12.3.